The fourth-order valence-electron chi connectivity index (χ4n) is 6.83. The van der Waals surface area contributed by atoms with Gasteiger partial charge in [-0.2, -0.15) is 26.3 Å². The van der Waals surface area contributed by atoms with E-state index < -0.39 is 62.4 Å². The summed E-state index contributed by atoms with van der Waals surface area (Å²) < 4.78 is 137. The first-order valence-electron chi connectivity index (χ1n) is 13.4. The van der Waals surface area contributed by atoms with E-state index >= 15 is 0 Å². The Morgan fingerprint density at radius 3 is 2.09 bits per heavy atom. The Bertz CT molecular complexity index is 1670. The van der Waals surface area contributed by atoms with Crippen LogP contribution in [0.25, 0.3) is 0 Å². The molecule has 3 aliphatic rings. The molecule has 2 aliphatic carbocycles. The fourth-order valence-corrected chi connectivity index (χ4v) is 9.16. The lowest BCUT2D eigenvalue weighted by Crippen LogP contribution is -2.50. The van der Waals surface area contributed by atoms with Crippen LogP contribution in [0, 0.1) is 11.7 Å². The molecule has 1 amide bonds. The molecule has 43 heavy (non-hydrogen) atoms. The second kappa shape index (κ2) is 9.51. The molecule has 4 nitrogen and oxygen atoms in total. The predicted octanol–water partition coefficient (Wildman–Crippen LogP) is 6.75. The quantitative estimate of drug-likeness (QED) is 0.232. The number of fused-ring (bicyclic) bond motifs is 3. The highest BCUT2D eigenvalue weighted by Gasteiger charge is 2.74. The molecule has 228 valence electrons. The van der Waals surface area contributed by atoms with E-state index in [-0.39, 0.29) is 40.8 Å². The van der Waals surface area contributed by atoms with Crippen molar-refractivity contribution in [2.75, 3.05) is 6.54 Å². The molecule has 2 fully saturated rings. The lowest BCUT2D eigenvalue weighted by molar-refractivity contribution is -0.348. The van der Waals surface area contributed by atoms with E-state index in [1.165, 1.54) is 4.90 Å². The lowest BCUT2D eigenvalue weighted by Gasteiger charge is -2.33. The smallest absolute Gasteiger partial charge is 0.337 e. The van der Waals surface area contributed by atoms with Crippen molar-refractivity contribution in [3.63, 3.8) is 0 Å². The summed E-state index contributed by atoms with van der Waals surface area (Å²) in [7, 11) is -4.51. The Hall–Kier alpha value is -3.48. The number of alkyl halides is 7. The van der Waals surface area contributed by atoms with E-state index in [1.54, 1.807) is 0 Å². The third kappa shape index (κ3) is 4.21. The molecule has 13 heteroatoms. The number of halogens is 8. The third-order valence-corrected chi connectivity index (χ3v) is 11.6. The molecule has 1 saturated carbocycles. The van der Waals surface area contributed by atoms with Crippen LogP contribution < -0.4 is 0 Å². The van der Waals surface area contributed by atoms with Crippen LogP contribution in [0.4, 0.5) is 35.1 Å². The highest BCUT2D eigenvalue weighted by molar-refractivity contribution is 7.92. The number of nitrogens with zero attached hydrogens (tertiary/aromatic N) is 1. The van der Waals surface area contributed by atoms with E-state index in [2.05, 4.69) is 0 Å². The molecule has 1 heterocycles. The zero-order valence-electron chi connectivity index (χ0n) is 22.1. The van der Waals surface area contributed by atoms with E-state index in [0.29, 0.717) is 18.6 Å². The highest BCUT2D eigenvalue weighted by Crippen LogP contribution is 2.59. The first kappa shape index (κ1) is 29.6. The summed E-state index contributed by atoms with van der Waals surface area (Å²) in [6.07, 6.45) is -12.8. The predicted molar refractivity (Wildman–Crippen MR) is 138 cm³/mol. The molecule has 3 aromatic rings. The summed E-state index contributed by atoms with van der Waals surface area (Å²) in [4.78, 5) is 14.8. The van der Waals surface area contributed by atoms with Crippen molar-refractivity contribution in [1.82, 2.24) is 4.90 Å². The molecule has 6 rings (SSSR count). The van der Waals surface area contributed by atoms with E-state index in [1.807, 2.05) is 30.3 Å². The topological polar surface area (TPSA) is 54.5 Å². The average Bonchev–Trinajstić information content (AvgIpc) is 3.55. The van der Waals surface area contributed by atoms with Gasteiger partial charge in [-0.3, -0.25) is 4.79 Å². The molecule has 1 saturated heterocycles. The standard InChI is InChI=1S/C30H23F8NO3S/c31-20-7-9-21(10-8-20)43(41,42)27-12-13-39(26(40)23-16-22(23)17-4-2-1-3-5-17)25(27)15-18-14-19(6-11-24(18)27)28(32,29(33,34)35)30(36,37)38/h1-11,14,22-23,25H,12-13,15-16H2. The second-order valence-electron chi connectivity index (χ2n) is 11.2. The van der Waals surface area contributed by atoms with Crippen LogP contribution >= 0.6 is 0 Å². The number of rotatable bonds is 5. The van der Waals surface area contributed by atoms with E-state index in [9.17, 15) is 48.3 Å². The highest BCUT2D eigenvalue weighted by atomic mass is 32.2. The van der Waals surface area contributed by atoms with Gasteiger partial charge in [0.05, 0.1) is 10.9 Å². The maximum atomic E-state index is 15.0. The van der Waals surface area contributed by atoms with Crippen molar-refractivity contribution >= 4 is 15.7 Å². The molecular weight excluding hydrogens is 606 g/mol. The molecule has 0 bridgehead atoms. The summed E-state index contributed by atoms with van der Waals surface area (Å²) in [5.41, 5.74) is -6.88. The van der Waals surface area contributed by atoms with Crippen molar-refractivity contribution in [2.45, 2.75) is 58.9 Å². The second-order valence-corrected chi connectivity index (χ2v) is 13.4. The Labute approximate surface area is 241 Å². The fraction of sp³-hybridized carbons (Fsp3) is 0.367. The van der Waals surface area contributed by atoms with Crippen LogP contribution in [0.5, 0.6) is 0 Å². The molecular formula is C30H23F8NO3S. The van der Waals surface area contributed by atoms with Crippen LogP contribution in [0.3, 0.4) is 0 Å². The maximum Gasteiger partial charge on any atom is 0.435 e. The monoisotopic (exact) mass is 629 g/mol. The Morgan fingerprint density at radius 2 is 1.49 bits per heavy atom. The van der Waals surface area contributed by atoms with Crippen LogP contribution in [0.2, 0.25) is 0 Å². The zero-order chi connectivity index (χ0) is 31.2. The molecule has 4 atom stereocenters. The van der Waals surface area contributed by atoms with Gasteiger partial charge in [-0.1, -0.05) is 48.5 Å². The van der Waals surface area contributed by atoms with Crippen molar-refractivity contribution in [1.29, 1.82) is 0 Å². The zero-order valence-corrected chi connectivity index (χ0v) is 22.9. The van der Waals surface area contributed by atoms with E-state index in [4.69, 9.17) is 0 Å². The minimum atomic E-state index is -6.35. The Morgan fingerprint density at radius 1 is 0.860 bits per heavy atom. The summed E-state index contributed by atoms with van der Waals surface area (Å²) in [5.74, 6) is -1.72. The van der Waals surface area contributed by atoms with Crippen molar-refractivity contribution in [2.24, 2.45) is 5.92 Å². The lowest BCUT2D eigenvalue weighted by atomic mass is 9.90. The number of carbonyl (C=O) groups excluding carboxylic acids is 1. The van der Waals surface area contributed by atoms with Crippen LogP contribution in [0.15, 0.2) is 77.7 Å². The summed E-state index contributed by atoms with van der Waals surface area (Å²) in [6, 6.07) is 13.3. The van der Waals surface area contributed by atoms with Gasteiger partial charge in [0.1, 0.15) is 10.6 Å². The van der Waals surface area contributed by atoms with Gasteiger partial charge in [0.25, 0.3) is 0 Å². The molecule has 0 radical (unpaired) electrons. The Balaban J connectivity index is 1.46. The largest absolute Gasteiger partial charge is 0.435 e. The van der Waals surface area contributed by atoms with Crippen molar-refractivity contribution < 1.29 is 48.3 Å². The molecule has 4 unspecified atom stereocenters. The third-order valence-electron chi connectivity index (χ3n) is 9.01. The average molecular weight is 630 g/mol. The first-order valence-corrected chi connectivity index (χ1v) is 14.8. The van der Waals surface area contributed by atoms with Gasteiger partial charge in [-0.15, -0.1) is 0 Å². The molecule has 0 N–H and O–H groups in total. The number of carbonyl (C=O) groups is 1. The summed E-state index contributed by atoms with van der Waals surface area (Å²) in [6.45, 7) is -0.0404. The minimum Gasteiger partial charge on any atom is -0.337 e. The number of hydrogen-bond donors (Lipinski definition) is 0. The van der Waals surface area contributed by atoms with Gasteiger partial charge < -0.3 is 4.90 Å². The van der Waals surface area contributed by atoms with Gasteiger partial charge in [0.2, 0.25) is 5.91 Å². The normalized spacial score (nSPS) is 25.4. The van der Waals surface area contributed by atoms with Gasteiger partial charge in [-0.25, -0.2) is 17.2 Å². The van der Waals surface area contributed by atoms with Gasteiger partial charge in [0, 0.05) is 18.0 Å². The number of hydrogen-bond acceptors (Lipinski definition) is 3. The van der Waals surface area contributed by atoms with Crippen LogP contribution in [0.1, 0.15) is 41.0 Å². The summed E-state index contributed by atoms with van der Waals surface area (Å²) in [5, 5.41) is 0. The molecule has 0 aromatic heterocycles. The molecule has 0 spiro atoms. The molecule has 3 aromatic carbocycles. The maximum absolute atomic E-state index is 15.0. The Kier molecular flexibility index (Phi) is 6.54. The van der Waals surface area contributed by atoms with Crippen LogP contribution in [-0.4, -0.2) is 44.2 Å². The van der Waals surface area contributed by atoms with Gasteiger partial charge in [-0.05, 0) is 66.1 Å². The number of likely N-dealkylation sites (tertiary alicyclic amines) is 1. The van der Waals surface area contributed by atoms with E-state index in [0.717, 1.165) is 35.9 Å². The van der Waals surface area contributed by atoms with Crippen molar-refractivity contribution in [3.05, 3.63) is 101 Å². The number of amides is 1. The van der Waals surface area contributed by atoms with Gasteiger partial charge in [0.15, 0.2) is 9.84 Å². The minimum absolute atomic E-state index is 0.0404. The van der Waals surface area contributed by atoms with Crippen molar-refractivity contribution in [3.8, 4) is 0 Å². The number of benzene rings is 3. The van der Waals surface area contributed by atoms with Gasteiger partial charge >= 0.3 is 18.0 Å². The summed E-state index contributed by atoms with van der Waals surface area (Å²) >= 11 is 0. The van der Waals surface area contributed by atoms with Crippen LogP contribution in [-0.2, 0) is 31.5 Å². The SMILES string of the molecule is O=C(C1CC1c1ccccc1)N1CCC2(S(=O)(=O)c3ccc(F)cc3)c3ccc(C(F)(C(F)(F)F)C(F)(F)F)cc3CC12. The number of sulfone groups is 1. The molecule has 1 aliphatic heterocycles. The first-order chi connectivity index (χ1) is 20.0.